The Morgan fingerprint density at radius 1 is 1.15 bits per heavy atom. The zero-order chi connectivity index (χ0) is 18.1. The van der Waals surface area contributed by atoms with Crippen molar-refractivity contribution in [2.45, 2.75) is 44.7 Å². The maximum Gasteiger partial charge on any atom is 0.231 e. The maximum absolute atomic E-state index is 5.51. The van der Waals surface area contributed by atoms with E-state index in [1.54, 1.807) is 0 Å². The third kappa shape index (κ3) is 3.29. The third-order valence-electron chi connectivity index (χ3n) is 5.47. The first-order chi connectivity index (χ1) is 12.5. The molecule has 26 heavy (non-hydrogen) atoms. The van der Waals surface area contributed by atoms with Gasteiger partial charge in [-0.2, -0.15) is 4.98 Å². The lowest BCUT2D eigenvalue weighted by Gasteiger charge is -2.35. The fourth-order valence-electron chi connectivity index (χ4n) is 3.35. The molecule has 1 fully saturated rings. The van der Waals surface area contributed by atoms with E-state index in [0.29, 0.717) is 18.3 Å². The van der Waals surface area contributed by atoms with Crippen LogP contribution >= 0.6 is 0 Å². The standard InChI is InChI=1S/C19H25N3O4/c1-19(2,14-4-5-15-16(10-14)25-12-24-15)22(3)11-17-20-18(26-21-17)13-6-8-23-9-7-13/h4-5,10,13H,6-9,11-12H2,1-3H3. The van der Waals surface area contributed by atoms with E-state index in [9.17, 15) is 0 Å². The second kappa shape index (κ2) is 6.89. The zero-order valence-electron chi connectivity index (χ0n) is 15.5. The number of fused-ring (bicyclic) bond motifs is 1. The van der Waals surface area contributed by atoms with Gasteiger partial charge in [0.05, 0.1) is 6.54 Å². The average Bonchev–Trinajstić information content (AvgIpc) is 3.31. The Hall–Kier alpha value is -2.12. The second-order valence-electron chi connectivity index (χ2n) is 7.42. The first kappa shape index (κ1) is 17.3. The number of ether oxygens (including phenoxy) is 3. The summed E-state index contributed by atoms with van der Waals surface area (Å²) < 4.78 is 21.8. The topological polar surface area (TPSA) is 69.9 Å². The first-order valence-electron chi connectivity index (χ1n) is 9.05. The summed E-state index contributed by atoms with van der Waals surface area (Å²) in [7, 11) is 2.06. The summed E-state index contributed by atoms with van der Waals surface area (Å²) in [5.74, 6) is 3.36. The molecule has 1 saturated heterocycles. The van der Waals surface area contributed by atoms with Crippen molar-refractivity contribution in [2.24, 2.45) is 0 Å². The molecule has 0 bridgehead atoms. The maximum atomic E-state index is 5.51. The van der Waals surface area contributed by atoms with Gasteiger partial charge in [0.25, 0.3) is 0 Å². The van der Waals surface area contributed by atoms with Gasteiger partial charge in [0.15, 0.2) is 17.3 Å². The van der Waals surface area contributed by atoms with Gasteiger partial charge in [-0.3, -0.25) is 4.90 Å². The highest BCUT2D eigenvalue weighted by Crippen LogP contribution is 2.37. The van der Waals surface area contributed by atoms with Gasteiger partial charge in [-0.1, -0.05) is 11.2 Å². The van der Waals surface area contributed by atoms with Crippen LogP contribution in [0, 0.1) is 0 Å². The molecule has 1 aromatic heterocycles. The summed E-state index contributed by atoms with van der Waals surface area (Å²) >= 11 is 0. The van der Waals surface area contributed by atoms with Crippen molar-refractivity contribution in [2.75, 3.05) is 27.1 Å². The van der Waals surface area contributed by atoms with Crippen molar-refractivity contribution in [3.05, 3.63) is 35.5 Å². The summed E-state index contributed by atoms with van der Waals surface area (Å²) in [5.41, 5.74) is 0.929. The molecular formula is C19H25N3O4. The van der Waals surface area contributed by atoms with Crippen molar-refractivity contribution in [1.29, 1.82) is 0 Å². The summed E-state index contributed by atoms with van der Waals surface area (Å²) in [6, 6.07) is 6.08. The molecule has 7 heteroatoms. The molecule has 0 amide bonds. The van der Waals surface area contributed by atoms with Gasteiger partial charge in [-0.15, -0.1) is 0 Å². The van der Waals surface area contributed by atoms with Crippen LogP contribution in [0.4, 0.5) is 0 Å². The molecule has 2 aliphatic heterocycles. The molecule has 0 aliphatic carbocycles. The van der Waals surface area contributed by atoms with Gasteiger partial charge < -0.3 is 18.7 Å². The number of nitrogens with zero attached hydrogens (tertiary/aromatic N) is 3. The third-order valence-corrected chi connectivity index (χ3v) is 5.47. The molecule has 2 aliphatic rings. The van der Waals surface area contributed by atoms with Gasteiger partial charge in [0.2, 0.25) is 12.7 Å². The Labute approximate surface area is 153 Å². The monoisotopic (exact) mass is 359 g/mol. The van der Waals surface area contributed by atoms with Crippen LogP contribution in [0.5, 0.6) is 11.5 Å². The molecule has 0 spiro atoms. The molecular weight excluding hydrogens is 334 g/mol. The van der Waals surface area contributed by atoms with Crippen LogP contribution in [0.1, 0.15) is 49.9 Å². The van der Waals surface area contributed by atoms with Crippen molar-refractivity contribution < 1.29 is 18.7 Å². The van der Waals surface area contributed by atoms with E-state index >= 15 is 0 Å². The molecule has 0 saturated carbocycles. The van der Waals surface area contributed by atoms with E-state index in [-0.39, 0.29) is 12.3 Å². The number of benzene rings is 1. The lowest BCUT2D eigenvalue weighted by molar-refractivity contribution is 0.0778. The van der Waals surface area contributed by atoms with Crippen LogP contribution in [-0.4, -0.2) is 42.1 Å². The molecule has 0 N–H and O–H groups in total. The average molecular weight is 359 g/mol. The predicted octanol–water partition coefficient (Wildman–Crippen LogP) is 3.06. The van der Waals surface area contributed by atoms with Crippen LogP contribution in [-0.2, 0) is 16.8 Å². The van der Waals surface area contributed by atoms with E-state index in [4.69, 9.17) is 18.7 Å². The molecule has 0 unspecified atom stereocenters. The van der Waals surface area contributed by atoms with Crippen LogP contribution in [0.15, 0.2) is 22.7 Å². The van der Waals surface area contributed by atoms with E-state index in [2.05, 4.69) is 42.0 Å². The van der Waals surface area contributed by atoms with Gasteiger partial charge in [-0.25, -0.2) is 0 Å². The van der Waals surface area contributed by atoms with Gasteiger partial charge in [0, 0.05) is 24.7 Å². The van der Waals surface area contributed by atoms with Crippen LogP contribution in [0.2, 0.25) is 0 Å². The normalized spacial score (nSPS) is 17.8. The summed E-state index contributed by atoms with van der Waals surface area (Å²) in [5, 5.41) is 4.18. The number of hydrogen-bond donors (Lipinski definition) is 0. The SMILES string of the molecule is CN(Cc1noc(C2CCOCC2)n1)C(C)(C)c1ccc2c(c1)OCO2. The fraction of sp³-hybridized carbons (Fsp3) is 0.579. The Kier molecular flexibility index (Phi) is 4.58. The van der Waals surface area contributed by atoms with Crippen molar-refractivity contribution in [1.82, 2.24) is 15.0 Å². The van der Waals surface area contributed by atoms with Crippen molar-refractivity contribution >= 4 is 0 Å². The Morgan fingerprint density at radius 2 is 1.92 bits per heavy atom. The quantitative estimate of drug-likeness (QED) is 0.812. The summed E-state index contributed by atoms with van der Waals surface area (Å²) in [6.07, 6.45) is 1.89. The van der Waals surface area contributed by atoms with E-state index in [1.165, 1.54) is 0 Å². The number of rotatable bonds is 5. The second-order valence-corrected chi connectivity index (χ2v) is 7.42. The Morgan fingerprint density at radius 3 is 2.73 bits per heavy atom. The fourth-order valence-corrected chi connectivity index (χ4v) is 3.35. The number of hydrogen-bond acceptors (Lipinski definition) is 7. The van der Waals surface area contributed by atoms with Crippen molar-refractivity contribution in [3.8, 4) is 11.5 Å². The highest BCUT2D eigenvalue weighted by molar-refractivity contribution is 5.46. The van der Waals surface area contributed by atoms with Gasteiger partial charge >= 0.3 is 0 Å². The smallest absolute Gasteiger partial charge is 0.231 e. The minimum atomic E-state index is -0.222. The van der Waals surface area contributed by atoms with E-state index in [1.807, 2.05) is 12.1 Å². The van der Waals surface area contributed by atoms with Gasteiger partial charge in [-0.05, 0) is 51.4 Å². The summed E-state index contributed by atoms with van der Waals surface area (Å²) in [4.78, 5) is 6.83. The summed E-state index contributed by atoms with van der Waals surface area (Å²) in [6.45, 7) is 6.76. The molecule has 7 nitrogen and oxygen atoms in total. The van der Waals surface area contributed by atoms with Crippen LogP contribution in [0.3, 0.4) is 0 Å². The lowest BCUT2D eigenvalue weighted by Crippen LogP contribution is -2.38. The zero-order valence-corrected chi connectivity index (χ0v) is 15.5. The molecule has 0 radical (unpaired) electrons. The predicted molar refractivity (Wildman–Crippen MR) is 94.2 cm³/mol. The Bertz CT molecular complexity index is 768. The molecule has 4 rings (SSSR count). The lowest BCUT2D eigenvalue weighted by atomic mass is 9.92. The van der Waals surface area contributed by atoms with Gasteiger partial charge in [0.1, 0.15) is 0 Å². The highest BCUT2D eigenvalue weighted by Gasteiger charge is 2.30. The number of aromatic nitrogens is 2. The minimum absolute atomic E-state index is 0.222. The molecule has 2 aromatic rings. The highest BCUT2D eigenvalue weighted by atomic mass is 16.7. The van der Waals surface area contributed by atoms with Crippen LogP contribution < -0.4 is 9.47 Å². The molecule has 140 valence electrons. The minimum Gasteiger partial charge on any atom is -0.454 e. The van der Waals surface area contributed by atoms with Crippen LogP contribution in [0.25, 0.3) is 0 Å². The molecule has 3 heterocycles. The Balaban J connectivity index is 1.46. The molecule has 0 atom stereocenters. The molecule has 1 aromatic carbocycles. The van der Waals surface area contributed by atoms with E-state index in [0.717, 1.165) is 49.0 Å². The largest absolute Gasteiger partial charge is 0.454 e. The first-order valence-corrected chi connectivity index (χ1v) is 9.05. The van der Waals surface area contributed by atoms with Crippen molar-refractivity contribution in [3.63, 3.8) is 0 Å². The van der Waals surface area contributed by atoms with E-state index < -0.39 is 0 Å².